The summed E-state index contributed by atoms with van der Waals surface area (Å²) in [5, 5.41) is 12.5. The summed E-state index contributed by atoms with van der Waals surface area (Å²) in [5.74, 6) is 0.786. The molecule has 0 aliphatic carbocycles. The highest BCUT2D eigenvalue weighted by Crippen LogP contribution is 2.33. The van der Waals surface area contributed by atoms with Crippen molar-refractivity contribution in [2.24, 2.45) is 0 Å². The normalized spacial score (nSPS) is 12.4. The molecule has 0 aliphatic rings. The number of aromatic nitrogens is 1. The van der Waals surface area contributed by atoms with Crippen LogP contribution >= 0.6 is 11.3 Å². The molecule has 0 bridgehead atoms. The van der Waals surface area contributed by atoms with Gasteiger partial charge in [0.1, 0.15) is 17.4 Å². The zero-order valence-corrected chi connectivity index (χ0v) is 17.7. The lowest BCUT2D eigenvalue weighted by molar-refractivity contribution is 0.0695. The molecule has 1 atom stereocenters. The van der Waals surface area contributed by atoms with Gasteiger partial charge in [0, 0.05) is 17.1 Å². The molecule has 0 saturated heterocycles. The van der Waals surface area contributed by atoms with E-state index < -0.39 is 11.6 Å². The molecule has 2 aromatic carbocycles. The summed E-state index contributed by atoms with van der Waals surface area (Å²) in [6.45, 7) is 6.23. The highest BCUT2D eigenvalue weighted by Gasteiger charge is 2.35. The molecular weight excluding hydrogens is 384 g/mol. The van der Waals surface area contributed by atoms with Crippen LogP contribution in [0.4, 0.5) is 4.79 Å². The van der Waals surface area contributed by atoms with Gasteiger partial charge in [-0.25, -0.2) is 9.78 Å². The number of carboxylic acid groups (broad SMARTS) is 1. The molecular formula is C23H26N2O3S. The minimum atomic E-state index is -0.944. The summed E-state index contributed by atoms with van der Waals surface area (Å²) in [5.41, 5.74) is 1.61. The zero-order chi connectivity index (χ0) is 20.9. The molecule has 0 unspecified atom stereocenters. The Labute approximate surface area is 175 Å². The van der Waals surface area contributed by atoms with Gasteiger partial charge < -0.3 is 9.84 Å². The maximum Gasteiger partial charge on any atom is 0.408 e. The van der Waals surface area contributed by atoms with E-state index in [2.05, 4.69) is 4.98 Å². The average Bonchev–Trinajstić information content (AvgIpc) is 3.21. The van der Waals surface area contributed by atoms with Gasteiger partial charge in [0.2, 0.25) is 0 Å². The summed E-state index contributed by atoms with van der Waals surface area (Å²) in [4.78, 5) is 17.9. The lowest BCUT2D eigenvalue weighted by Crippen LogP contribution is -2.47. The molecule has 0 aliphatic heterocycles. The monoisotopic (exact) mass is 410 g/mol. The standard InChI is InChI=1S/C23H26N2O3S/c1-23(2,3)25(22(26)27)20(21-24-13-14-29-21)15-17-9-11-19(12-10-17)28-16-18-7-5-4-6-8-18/h4-14,20H,15-16H2,1-3H3,(H,26,27)/t20-/m0/s1. The van der Waals surface area contributed by atoms with E-state index in [-0.39, 0.29) is 6.04 Å². The van der Waals surface area contributed by atoms with Gasteiger partial charge in [-0.15, -0.1) is 11.3 Å². The van der Waals surface area contributed by atoms with E-state index in [9.17, 15) is 9.90 Å². The van der Waals surface area contributed by atoms with Crippen molar-refractivity contribution in [2.75, 3.05) is 0 Å². The van der Waals surface area contributed by atoms with Gasteiger partial charge in [0.15, 0.2) is 0 Å². The molecule has 0 saturated carbocycles. The van der Waals surface area contributed by atoms with Crippen LogP contribution in [0.3, 0.4) is 0 Å². The van der Waals surface area contributed by atoms with E-state index in [1.165, 1.54) is 16.2 Å². The number of ether oxygens (including phenoxy) is 1. The first-order chi connectivity index (χ1) is 13.8. The van der Waals surface area contributed by atoms with Crippen LogP contribution in [0.2, 0.25) is 0 Å². The van der Waals surface area contributed by atoms with Gasteiger partial charge in [-0.1, -0.05) is 42.5 Å². The number of hydrogen-bond donors (Lipinski definition) is 1. The second kappa shape index (κ2) is 9.09. The number of hydrogen-bond acceptors (Lipinski definition) is 4. The lowest BCUT2D eigenvalue weighted by atomic mass is 9.98. The van der Waals surface area contributed by atoms with E-state index in [1.807, 2.05) is 80.7 Å². The number of thiazole rings is 1. The molecule has 0 fully saturated rings. The molecule has 1 heterocycles. The molecule has 6 heteroatoms. The van der Waals surface area contributed by atoms with Crippen LogP contribution in [-0.4, -0.2) is 26.6 Å². The minimum Gasteiger partial charge on any atom is -0.489 e. The van der Waals surface area contributed by atoms with Crippen LogP contribution in [0.1, 0.15) is 42.9 Å². The molecule has 3 rings (SSSR count). The largest absolute Gasteiger partial charge is 0.489 e. The maximum absolute atomic E-state index is 12.0. The van der Waals surface area contributed by atoms with Gasteiger partial charge in [-0.2, -0.15) is 0 Å². The Hall–Kier alpha value is -2.86. The van der Waals surface area contributed by atoms with Crippen molar-refractivity contribution in [3.8, 4) is 5.75 Å². The first-order valence-corrected chi connectivity index (χ1v) is 10.4. The van der Waals surface area contributed by atoms with Gasteiger partial charge in [-0.05, 0) is 50.5 Å². The molecule has 0 radical (unpaired) electrons. The molecule has 5 nitrogen and oxygen atoms in total. The van der Waals surface area contributed by atoms with E-state index in [0.29, 0.717) is 13.0 Å². The number of nitrogens with zero attached hydrogens (tertiary/aromatic N) is 2. The highest BCUT2D eigenvalue weighted by molar-refractivity contribution is 7.09. The summed E-state index contributed by atoms with van der Waals surface area (Å²) in [6, 6.07) is 17.5. The first-order valence-electron chi connectivity index (χ1n) is 9.52. The third kappa shape index (κ3) is 5.57. The Morgan fingerprint density at radius 1 is 1.10 bits per heavy atom. The summed E-state index contributed by atoms with van der Waals surface area (Å²) >= 11 is 1.48. The van der Waals surface area contributed by atoms with Crippen LogP contribution in [-0.2, 0) is 13.0 Å². The van der Waals surface area contributed by atoms with Crippen molar-refractivity contribution < 1.29 is 14.6 Å². The second-order valence-corrected chi connectivity index (χ2v) is 8.76. The minimum absolute atomic E-state index is 0.344. The predicted molar refractivity (Wildman–Crippen MR) is 115 cm³/mol. The summed E-state index contributed by atoms with van der Waals surface area (Å²) < 4.78 is 5.85. The van der Waals surface area contributed by atoms with Gasteiger partial charge in [0.25, 0.3) is 0 Å². The number of benzene rings is 2. The SMILES string of the molecule is CC(C)(C)N(C(=O)O)[C@@H](Cc1ccc(OCc2ccccc2)cc1)c1nccs1. The second-order valence-electron chi connectivity index (χ2n) is 7.83. The molecule has 29 heavy (non-hydrogen) atoms. The van der Waals surface area contributed by atoms with Crippen molar-refractivity contribution in [3.05, 3.63) is 82.3 Å². The number of carbonyl (C=O) groups is 1. The van der Waals surface area contributed by atoms with Gasteiger partial charge in [-0.3, -0.25) is 4.90 Å². The predicted octanol–water partition coefficient (Wildman–Crippen LogP) is 5.78. The van der Waals surface area contributed by atoms with Crippen molar-refractivity contribution >= 4 is 17.4 Å². The zero-order valence-electron chi connectivity index (χ0n) is 16.9. The van der Waals surface area contributed by atoms with Crippen LogP contribution in [0.15, 0.2) is 66.2 Å². The Balaban J connectivity index is 1.75. The lowest BCUT2D eigenvalue weighted by Gasteiger charge is -2.38. The van der Waals surface area contributed by atoms with Gasteiger partial charge >= 0.3 is 6.09 Å². The van der Waals surface area contributed by atoms with E-state index in [4.69, 9.17) is 4.74 Å². The maximum atomic E-state index is 12.0. The van der Waals surface area contributed by atoms with Crippen molar-refractivity contribution in [2.45, 2.75) is 45.4 Å². The quantitative estimate of drug-likeness (QED) is 0.536. The Kier molecular flexibility index (Phi) is 6.54. The van der Waals surface area contributed by atoms with Crippen LogP contribution < -0.4 is 4.74 Å². The third-order valence-electron chi connectivity index (χ3n) is 4.58. The van der Waals surface area contributed by atoms with Gasteiger partial charge in [0.05, 0.1) is 6.04 Å². The Morgan fingerprint density at radius 3 is 2.34 bits per heavy atom. The Morgan fingerprint density at radius 2 is 1.79 bits per heavy atom. The van der Waals surface area contributed by atoms with Crippen molar-refractivity contribution in [1.29, 1.82) is 0 Å². The topological polar surface area (TPSA) is 62.7 Å². The smallest absolute Gasteiger partial charge is 0.408 e. The Bertz CT molecular complexity index is 904. The molecule has 152 valence electrons. The average molecular weight is 411 g/mol. The first kappa shape index (κ1) is 20.9. The van der Waals surface area contributed by atoms with Crippen molar-refractivity contribution in [3.63, 3.8) is 0 Å². The highest BCUT2D eigenvalue weighted by atomic mass is 32.1. The van der Waals surface area contributed by atoms with Crippen molar-refractivity contribution in [1.82, 2.24) is 9.88 Å². The fourth-order valence-corrected chi connectivity index (χ4v) is 3.99. The number of rotatable bonds is 7. The number of amides is 1. The fourth-order valence-electron chi connectivity index (χ4n) is 3.26. The summed E-state index contributed by atoms with van der Waals surface area (Å²) in [6.07, 6.45) is 1.33. The fraction of sp³-hybridized carbons (Fsp3) is 0.304. The summed E-state index contributed by atoms with van der Waals surface area (Å²) in [7, 11) is 0. The molecule has 0 spiro atoms. The van der Waals surface area contributed by atoms with E-state index in [0.717, 1.165) is 21.9 Å². The third-order valence-corrected chi connectivity index (χ3v) is 5.45. The van der Waals surface area contributed by atoms with Crippen LogP contribution in [0, 0.1) is 0 Å². The van der Waals surface area contributed by atoms with E-state index >= 15 is 0 Å². The molecule has 1 aromatic heterocycles. The molecule has 1 N–H and O–H groups in total. The van der Waals surface area contributed by atoms with Crippen LogP contribution in [0.25, 0.3) is 0 Å². The molecule has 3 aromatic rings. The van der Waals surface area contributed by atoms with Crippen LogP contribution in [0.5, 0.6) is 5.75 Å². The van der Waals surface area contributed by atoms with E-state index in [1.54, 1.807) is 6.20 Å². The molecule has 1 amide bonds.